The molecule has 0 aliphatic heterocycles. The van der Waals surface area contributed by atoms with Crippen molar-refractivity contribution >= 4 is 27.8 Å². The van der Waals surface area contributed by atoms with Crippen LogP contribution in [0, 0.1) is 6.92 Å². The number of hydrogen-bond acceptors (Lipinski definition) is 4. The predicted molar refractivity (Wildman–Crippen MR) is 133 cm³/mol. The van der Waals surface area contributed by atoms with Gasteiger partial charge in [-0.15, -0.1) is 0 Å². The summed E-state index contributed by atoms with van der Waals surface area (Å²) in [5.41, 5.74) is 3.08. The molecule has 3 aromatic rings. The van der Waals surface area contributed by atoms with Gasteiger partial charge in [0.25, 0.3) is 5.91 Å². The lowest BCUT2D eigenvalue weighted by atomic mass is 9.95. The van der Waals surface area contributed by atoms with Gasteiger partial charge in [-0.1, -0.05) is 51.8 Å². The van der Waals surface area contributed by atoms with E-state index in [-0.39, 0.29) is 12.8 Å². The molecule has 1 atom stereocenters. The van der Waals surface area contributed by atoms with E-state index in [0.717, 1.165) is 21.2 Å². The number of nitrogens with one attached hydrogen (secondary N) is 1. The molecule has 1 unspecified atom stereocenters. The minimum atomic E-state index is -1.40. The Morgan fingerprint density at radius 2 is 1.82 bits per heavy atom. The van der Waals surface area contributed by atoms with Gasteiger partial charge in [0.05, 0.1) is 13.7 Å². The third kappa shape index (κ3) is 5.09. The van der Waals surface area contributed by atoms with E-state index in [9.17, 15) is 14.7 Å². The molecule has 0 saturated carbocycles. The van der Waals surface area contributed by atoms with Gasteiger partial charge < -0.3 is 19.9 Å². The summed E-state index contributed by atoms with van der Waals surface area (Å²) >= 11 is 3.43. The Balaban J connectivity index is 1.50. The van der Waals surface area contributed by atoms with Crippen molar-refractivity contribution in [1.29, 1.82) is 0 Å². The number of aryl methyl sites for hydroxylation is 1. The first-order valence-electron chi connectivity index (χ1n) is 11.0. The SMILES string of the molecule is COc1ccc(C(=O)NC2(C(=O)O)Cc3ccc(Br)cc3C2)cc1OCCc1cccc(C)c1. The number of hydrogen-bond donors (Lipinski definition) is 2. The topological polar surface area (TPSA) is 84.9 Å². The summed E-state index contributed by atoms with van der Waals surface area (Å²) in [7, 11) is 1.54. The molecule has 0 radical (unpaired) electrons. The van der Waals surface area contributed by atoms with Gasteiger partial charge in [0.15, 0.2) is 11.5 Å². The van der Waals surface area contributed by atoms with Gasteiger partial charge in [0.1, 0.15) is 5.54 Å². The number of carboxylic acid groups (broad SMARTS) is 1. The largest absolute Gasteiger partial charge is 0.493 e. The van der Waals surface area contributed by atoms with E-state index < -0.39 is 17.4 Å². The van der Waals surface area contributed by atoms with Crippen LogP contribution in [-0.4, -0.2) is 36.2 Å². The normalized spacial score (nSPS) is 16.6. The second kappa shape index (κ2) is 9.89. The number of aliphatic carboxylic acids is 1. The number of ether oxygens (including phenoxy) is 2. The van der Waals surface area contributed by atoms with Crippen molar-refractivity contribution in [1.82, 2.24) is 5.32 Å². The Labute approximate surface area is 207 Å². The van der Waals surface area contributed by atoms with Crippen molar-refractivity contribution in [2.45, 2.75) is 31.7 Å². The Morgan fingerprint density at radius 3 is 2.56 bits per heavy atom. The predicted octanol–water partition coefficient (Wildman–Crippen LogP) is 4.74. The van der Waals surface area contributed by atoms with Crippen LogP contribution in [0.5, 0.6) is 11.5 Å². The minimum Gasteiger partial charge on any atom is -0.493 e. The first-order chi connectivity index (χ1) is 16.3. The Morgan fingerprint density at radius 1 is 1.03 bits per heavy atom. The lowest BCUT2D eigenvalue weighted by Crippen LogP contribution is -2.55. The molecule has 0 fully saturated rings. The molecule has 0 saturated heterocycles. The summed E-state index contributed by atoms with van der Waals surface area (Å²) in [6.07, 6.45) is 1.16. The van der Waals surface area contributed by atoms with Crippen LogP contribution in [-0.2, 0) is 24.1 Å². The highest BCUT2D eigenvalue weighted by Crippen LogP contribution is 2.33. The highest BCUT2D eigenvalue weighted by atomic mass is 79.9. The molecule has 0 aromatic heterocycles. The third-order valence-electron chi connectivity index (χ3n) is 6.07. The number of rotatable bonds is 8. The molecule has 3 aromatic carbocycles. The summed E-state index contributed by atoms with van der Waals surface area (Å²) in [5.74, 6) is -0.588. The van der Waals surface area contributed by atoms with Crippen LogP contribution in [0.15, 0.2) is 65.1 Å². The Kier molecular flexibility index (Phi) is 6.93. The number of carboxylic acids is 1. The lowest BCUT2D eigenvalue weighted by molar-refractivity contribution is -0.144. The maximum atomic E-state index is 13.1. The summed E-state index contributed by atoms with van der Waals surface area (Å²) in [6.45, 7) is 2.45. The number of fused-ring (bicyclic) bond motifs is 1. The molecule has 4 rings (SSSR count). The summed E-state index contributed by atoms with van der Waals surface area (Å²) in [6, 6.07) is 18.7. The van der Waals surface area contributed by atoms with Gasteiger partial charge in [0.2, 0.25) is 0 Å². The van der Waals surface area contributed by atoms with Crippen molar-refractivity contribution in [3.63, 3.8) is 0 Å². The molecule has 6 nitrogen and oxygen atoms in total. The summed E-state index contributed by atoms with van der Waals surface area (Å²) in [5, 5.41) is 12.8. The van der Waals surface area contributed by atoms with Gasteiger partial charge in [0, 0.05) is 29.3 Å². The van der Waals surface area contributed by atoms with Crippen LogP contribution in [0.25, 0.3) is 0 Å². The van der Waals surface area contributed by atoms with E-state index in [1.165, 1.54) is 12.7 Å². The quantitative estimate of drug-likeness (QED) is 0.445. The van der Waals surface area contributed by atoms with E-state index >= 15 is 0 Å². The highest BCUT2D eigenvalue weighted by Gasteiger charge is 2.45. The molecule has 1 amide bonds. The average molecular weight is 524 g/mol. The third-order valence-corrected chi connectivity index (χ3v) is 6.56. The molecule has 7 heteroatoms. The Bertz CT molecular complexity index is 1240. The molecule has 1 aliphatic rings. The number of amides is 1. The summed E-state index contributed by atoms with van der Waals surface area (Å²) < 4.78 is 12.2. The van der Waals surface area contributed by atoms with E-state index in [0.29, 0.717) is 30.1 Å². The van der Waals surface area contributed by atoms with E-state index in [1.807, 2.05) is 43.3 Å². The zero-order valence-corrected chi connectivity index (χ0v) is 20.6. The molecule has 0 heterocycles. The van der Waals surface area contributed by atoms with Crippen molar-refractivity contribution in [2.24, 2.45) is 0 Å². The van der Waals surface area contributed by atoms with Crippen molar-refractivity contribution < 1.29 is 24.2 Å². The first kappa shape index (κ1) is 23.8. The zero-order valence-electron chi connectivity index (χ0n) is 19.1. The van der Waals surface area contributed by atoms with Crippen molar-refractivity contribution in [3.05, 3.63) is 93.0 Å². The van der Waals surface area contributed by atoms with Crippen LogP contribution in [0.4, 0.5) is 0 Å². The number of halogens is 1. The number of carbonyl (C=O) groups is 2. The van der Waals surface area contributed by atoms with Gasteiger partial charge >= 0.3 is 5.97 Å². The highest BCUT2D eigenvalue weighted by molar-refractivity contribution is 9.10. The maximum absolute atomic E-state index is 13.1. The maximum Gasteiger partial charge on any atom is 0.330 e. The average Bonchev–Trinajstić information content (AvgIpc) is 3.17. The fraction of sp³-hybridized carbons (Fsp3) is 0.259. The lowest BCUT2D eigenvalue weighted by Gasteiger charge is -2.25. The molecule has 176 valence electrons. The molecule has 0 bridgehead atoms. The monoisotopic (exact) mass is 523 g/mol. The molecule has 1 aliphatic carbocycles. The molecule has 34 heavy (non-hydrogen) atoms. The van der Waals surface area contributed by atoms with Gasteiger partial charge in [-0.25, -0.2) is 4.79 Å². The second-order valence-corrected chi connectivity index (χ2v) is 9.48. The van der Waals surface area contributed by atoms with Crippen LogP contribution in [0.2, 0.25) is 0 Å². The smallest absolute Gasteiger partial charge is 0.330 e. The van der Waals surface area contributed by atoms with E-state index in [2.05, 4.69) is 27.3 Å². The molecular weight excluding hydrogens is 498 g/mol. The summed E-state index contributed by atoms with van der Waals surface area (Å²) in [4.78, 5) is 25.4. The van der Waals surface area contributed by atoms with Crippen LogP contribution >= 0.6 is 15.9 Å². The molecule has 2 N–H and O–H groups in total. The standard InChI is InChI=1S/C27H26BrNO5/c1-17-4-3-5-18(12-17)10-11-34-24-14-19(7-9-23(24)33-2)25(30)29-27(26(31)32)15-20-6-8-22(28)13-21(20)16-27/h3-9,12-14H,10-11,15-16H2,1-2H3,(H,29,30)(H,31,32). The fourth-order valence-corrected chi connectivity index (χ4v) is 4.71. The number of methoxy groups -OCH3 is 1. The number of benzene rings is 3. The van der Waals surface area contributed by atoms with Gasteiger partial charge in [-0.05, 0) is 53.9 Å². The fourth-order valence-electron chi connectivity index (χ4n) is 4.30. The van der Waals surface area contributed by atoms with Crippen LogP contribution < -0.4 is 14.8 Å². The Hall–Kier alpha value is -3.32. The second-order valence-electron chi connectivity index (χ2n) is 8.56. The molecular formula is C27H26BrNO5. The van der Waals surface area contributed by atoms with Crippen LogP contribution in [0.1, 0.15) is 32.6 Å². The first-order valence-corrected chi connectivity index (χ1v) is 11.8. The van der Waals surface area contributed by atoms with Crippen LogP contribution in [0.3, 0.4) is 0 Å². The van der Waals surface area contributed by atoms with Gasteiger partial charge in [-0.3, -0.25) is 4.79 Å². The molecule has 0 spiro atoms. The van der Waals surface area contributed by atoms with Crippen molar-refractivity contribution in [2.75, 3.05) is 13.7 Å². The zero-order chi connectivity index (χ0) is 24.3. The van der Waals surface area contributed by atoms with Gasteiger partial charge in [-0.2, -0.15) is 0 Å². The number of carbonyl (C=O) groups excluding carboxylic acids is 1. The van der Waals surface area contributed by atoms with E-state index in [4.69, 9.17) is 9.47 Å². The van der Waals surface area contributed by atoms with Crippen molar-refractivity contribution in [3.8, 4) is 11.5 Å². The minimum absolute atomic E-state index is 0.221. The van der Waals surface area contributed by atoms with E-state index in [1.54, 1.807) is 18.2 Å².